The van der Waals surface area contributed by atoms with Crippen molar-refractivity contribution in [3.8, 4) is 0 Å². The second kappa shape index (κ2) is 8.67. The Kier molecular flexibility index (Phi) is 6.30. The van der Waals surface area contributed by atoms with Crippen LogP contribution < -0.4 is 10.5 Å². The number of hydrogen-bond donors (Lipinski definition) is 1. The molecular formula is C20H22Cl2N4. The number of hydrogen-bond acceptors (Lipinski definition) is 4. The zero-order valence-corrected chi connectivity index (χ0v) is 16.4. The van der Waals surface area contributed by atoms with Crippen molar-refractivity contribution in [1.29, 1.82) is 0 Å². The number of alkyl halides is 1. The van der Waals surface area contributed by atoms with Crippen molar-refractivity contribution in [1.82, 2.24) is 5.43 Å². The first-order chi connectivity index (χ1) is 12.6. The number of anilines is 1. The molecule has 6 heteroatoms. The van der Waals surface area contributed by atoms with Crippen LogP contribution in [0.1, 0.15) is 31.7 Å². The molecule has 4 nitrogen and oxygen atoms in total. The zero-order chi connectivity index (χ0) is 18.5. The average Bonchev–Trinajstić information content (AvgIpc) is 2.68. The third kappa shape index (κ3) is 4.44. The van der Waals surface area contributed by atoms with Crippen molar-refractivity contribution in [3.63, 3.8) is 0 Å². The van der Waals surface area contributed by atoms with E-state index in [1.165, 1.54) is 0 Å². The monoisotopic (exact) mass is 388 g/mol. The number of hydrazone groups is 1. The summed E-state index contributed by atoms with van der Waals surface area (Å²) in [4.78, 5) is 4.42. The number of aliphatic imine (C=N–C) groups is 1. The second-order valence-electron chi connectivity index (χ2n) is 6.18. The molecule has 1 aromatic rings. The molecule has 0 aromatic heterocycles. The van der Waals surface area contributed by atoms with Crippen molar-refractivity contribution < 1.29 is 0 Å². The normalized spacial score (nSPS) is 20.4. The first-order valence-corrected chi connectivity index (χ1v) is 9.46. The van der Waals surface area contributed by atoms with E-state index in [4.69, 9.17) is 28.3 Å². The topological polar surface area (TPSA) is 40.0 Å². The molecule has 1 N–H and O–H groups in total. The summed E-state index contributed by atoms with van der Waals surface area (Å²) in [5.41, 5.74) is 8.05. The maximum absolute atomic E-state index is 6.39. The van der Waals surface area contributed by atoms with Gasteiger partial charge in [0.1, 0.15) is 0 Å². The molecule has 0 saturated carbocycles. The summed E-state index contributed by atoms with van der Waals surface area (Å²) in [7, 11) is 1.84. The third-order valence-electron chi connectivity index (χ3n) is 4.34. The van der Waals surface area contributed by atoms with E-state index < -0.39 is 0 Å². The molecule has 0 spiro atoms. The first-order valence-electron chi connectivity index (χ1n) is 8.64. The molecule has 0 bridgehead atoms. The molecular weight excluding hydrogens is 367 g/mol. The minimum absolute atomic E-state index is 0.0332. The van der Waals surface area contributed by atoms with Crippen LogP contribution in [0.15, 0.2) is 63.8 Å². The Bertz CT molecular complexity index is 821. The first kappa shape index (κ1) is 18.9. The molecule has 26 heavy (non-hydrogen) atoms. The molecule has 0 amide bonds. The van der Waals surface area contributed by atoms with E-state index in [-0.39, 0.29) is 5.38 Å². The lowest BCUT2D eigenvalue weighted by Crippen LogP contribution is -2.32. The van der Waals surface area contributed by atoms with E-state index in [0.717, 1.165) is 46.1 Å². The maximum atomic E-state index is 6.39. The van der Waals surface area contributed by atoms with Gasteiger partial charge in [-0.25, -0.2) is 5.43 Å². The molecule has 1 aromatic carbocycles. The lowest BCUT2D eigenvalue weighted by atomic mass is 9.96. The van der Waals surface area contributed by atoms with Gasteiger partial charge < -0.3 is 0 Å². The Morgan fingerprint density at radius 1 is 1.38 bits per heavy atom. The van der Waals surface area contributed by atoms with E-state index in [1.54, 1.807) is 5.12 Å². The van der Waals surface area contributed by atoms with E-state index in [1.807, 2.05) is 50.5 Å². The molecule has 1 aliphatic heterocycles. The van der Waals surface area contributed by atoms with Crippen molar-refractivity contribution in [2.24, 2.45) is 10.1 Å². The molecule has 1 heterocycles. The van der Waals surface area contributed by atoms with Crippen LogP contribution in [-0.4, -0.2) is 23.8 Å². The van der Waals surface area contributed by atoms with Gasteiger partial charge in [-0.05, 0) is 55.5 Å². The third-order valence-corrected chi connectivity index (χ3v) is 4.99. The van der Waals surface area contributed by atoms with Crippen LogP contribution in [-0.2, 0) is 0 Å². The van der Waals surface area contributed by atoms with Gasteiger partial charge in [-0.15, -0.1) is 11.6 Å². The Morgan fingerprint density at radius 3 is 2.96 bits per heavy atom. The van der Waals surface area contributed by atoms with Gasteiger partial charge in [0.05, 0.1) is 22.5 Å². The van der Waals surface area contributed by atoms with Crippen molar-refractivity contribution >= 4 is 45.9 Å². The lowest BCUT2D eigenvalue weighted by Gasteiger charge is -2.21. The lowest BCUT2D eigenvalue weighted by molar-refractivity contribution is 0.740. The van der Waals surface area contributed by atoms with Gasteiger partial charge in [0.15, 0.2) is 0 Å². The highest BCUT2D eigenvalue weighted by atomic mass is 35.5. The minimum atomic E-state index is -0.0332. The van der Waals surface area contributed by atoms with Gasteiger partial charge in [0.25, 0.3) is 0 Å². The van der Waals surface area contributed by atoms with E-state index >= 15 is 0 Å². The largest absolute Gasteiger partial charge is 0.260 e. The fraction of sp³-hybridized carbons (Fsp3) is 0.300. The molecule has 3 rings (SSSR count). The number of rotatable bonds is 5. The number of halogens is 2. The summed E-state index contributed by atoms with van der Waals surface area (Å²) in [6, 6.07) is 8.12. The number of hydrazine groups is 1. The van der Waals surface area contributed by atoms with Crippen LogP contribution in [0.2, 0.25) is 0 Å². The van der Waals surface area contributed by atoms with Crippen LogP contribution in [0, 0.1) is 0 Å². The van der Waals surface area contributed by atoms with Gasteiger partial charge >= 0.3 is 0 Å². The van der Waals surface area contributed by atoms with Crippen molar-refractivity contribution in [3.05, 3.63) is 59.3 Å². The number of nitrogens with one attached hydrogen (secondary N) is 1. The smallest absolute Gasteiger partial charge is 0.0808 e. The van der Waals surface area contributed by atoms with Crippen LogP contribution in [0.4, 0.5) is 5.69 Å². The summed E-state index contributed by atoms with van der Waals surface area (Å²) >= 11 is 12.7. The van der Waals surface area contributed by atoms with Crippen LogP contribution in [0.25, 0.3) is 5.57 Å². The van der Waals surface area contributed by atoms with Crippen molar-refractivity contribution in [2.75, 3.05) is 12.2 Å². The second-order valence-corrected chi connectivity index (χ2v) is 7.14. The summed E-state index contributed by atoms with van der Waals surface area (Å²) in [5.74, 6) is 0. The summed E-state index contributed by atoms with van der Waals surface area (Å²) in [6.45, 7) is 1.98. The van der Waals surface area contributed by atoms with Crippen LogP contribution >= 0.6 is 23.2 Å². The average molecular weight is 389 g/mol. The van der Waals surface area contributed by atoms with E-state index in [2.05, 4.69) is 22.6 Å². The van der Waals surface area contributed by atoms with Gasteiger partial charge in [-0.2, -0.15) is 10.2 Å². The Hall–Kier alpha value is -1.88. The molecule has 0 saturated heterocycles. The molecule has 0 fully saturated rings. The van der Waals surface area contributed by atoms with Crippen molar-refractivity contribution in [2.45, 2.75) is 31.6 Å². The predicted octanol–water partition coefficient (Wildman–Crippen LogP) is 5.27. The molecule has 1 aliphatic carbocycles. The van der Waals surface area contributed by atoms with Gasteiger partial charge in [0.2, 0.25) is 0 Å². The van der Waals surface area contributed by atoms with E-state index in [9.17, 15) is 0 Å². The van der Waals surface area contributed by atoms with Crippen LogP contribution in [0.3, 0.4) is 0 Å². The minimum Gasteiger partial charge on any atom is -0.260 e. The quantitative estimate of drug-likeness (QED) is 0.423. The summed E-state index contributed by atoms with van der Waals surface area (Å²) in [5, 5.41) is 7.15. The molecule has 136 valence electrons. The van der Waals surface area contributed by atoms with E-state index in [0.29, 0.717) is 6.42 Å². The molecule has 1 unspecified atom stereocenters. The van der Waals surface area contributed by atoms with Gasteiger partial charge in [-0.3, -0.25) is 4.99 Å². The predicted molar refractivity (Wildman–Crippen MR) is 113 cm³/mol. The highest BCUT2D eigenvalue weighted by Gasteiger charge is 2.16. The molecule has 1 atom stereocenters. The fourth-order valence-corrected chi connectivity index (χ4v) is 3.44. The summed E-state index contributed by atoms with van der Waals surface area (Å²) in [6.07, 6.45) is 10.3. The highest BCUT2D eigenvalue weighted by Crippen LogP contribution is 2.34. The number of benzene rings is 1. The maximum Gasteiger partial charge on any atom is 0.0808 e. The molecule has 2 aliphatic rings. The number of nitrogens with zero attached hydrogens (tertiary/aromatic N) is 3. The van der Waals surface area contributed by atoms with Gasteiger partial charge in [0, 0.05) is 18.3 Å². The number of allylic oxidation sites excluding steroid dienone is 5. The Labute approximate surface area is 164 Å². The van der Waals surface area contributed by atoms with Gasteiger partial charge in [-0.1, -0.05) is 35.9 Å². The standard InChI is InChI=1S/C20H22Cl2N4/c1-14(20-8-3-4-11-24-20)25-26(23-2)17-7-5-6-15(12-17)18-13-16(21)9-10-19(18)22/h4-7,9-12,16,23H,3,8,13H2,1-2H3/b25-14+. The summed E-state index contributed by atoms with van der Waals surface area (Å²) < 4.78 is 0. The SMILES string of the molecule is CNN(/N=C(\C)C1=NC=CCC1)c1cccc(C2=C(Cl)C=CC(Cl)C2)c1. The fourth-order valence-electron chi connectivity index (χ4n) is 2.95. The Balaban J connectivity index is 1.89. The Morgan fingerprint density at radius 2 is 2.23 bits per heavy atom. The highest BCUT2D eigenvalue weighted by molar-refractivity contribution is 6.41. The molecule has 0 radical (unpaired) electrons. The van der Waals surface area contributed by atoms with Crippen LogP contribution in [0.5, 0.6) is 0 Å². The zero-order valence-electron chi connectivity index (χ0n) is 14.9.